The summed E-state index contributed by atoms with van der Waals surface area (Å²) in [7, 11) is 0. The number of para-hydroxylation sites is 1. The Morgan fingerprint density at radius 3 is 2.56 bits per heavy atom. The molecule has 2 aromatic carbocycles. The Hall–Kier alpha value is -2.97. The summed E-state index contributed by atoms with van der Waals surface area (Å²) in [5, 5.41) is 10.4. The van der Waals surface area contributed by atoms with Gasteiger partial charge in [-0.2, -0.15) is 0 Å². The van der Waals surface area contributed by atoms with Crippen molar-refractivity contribution in [3.05, 3.63) is 82.2 Å². The molecule has 8 heteroatoms. The predicted molar refractivity (Wildman–Crippen MR) is 127 cm³/mol. The normalized spacial score (nSPS) is 15.4. The summed E-state index contributed by atoms with van der Waals surface area (Å²) in [4.78, 5) is 22.6. The van der Waals surface area contributed by atoms with Crippen LogP contribution >= 0.6 is 11.8 Å². The topological polar surface area (TPSA) is 79.7 Å². The lowest BCUT2D eigenvalue weighted by Crippen LogP contribution is -2.21. The van der Waals surface area contributed by atoms with Crippen LogP contribution in [0, 0.1) is 0 Å². The summed E-state index contributed by atoms with van der Waals surface area (Å²) in [6.07, 6.45) is 2.49. The number of nitrogens with zero attached hydrogens (tertiary/aromatic N) is 5. The molecule has 0 radical (unpaired) electrons. The maximum Gasteiger partial charge on any atom is 0.258 e. The molecule has 0 bridgehead atoms. The van der Waals surface area contributed by atoms with Gasteiger partial charge in [0.15, 0.2) is 5.16 Å². The van der Waals surface area contributed by atoms with Gasteiger partial charge in [-0.05, 0) is 50.6 Å². The average molecular weight is 447 g/mol. The van der Waals surface area contributed by atoms with E-state index in [1.807, 2.05) is 31.2 Å². The van der Waals surface area contributed by atoms with E-state index in [2.05, 4.69) is 48.9 Å². The van der Waals surface area contributed by atoms with Crippen molar-refractivity contribution in [2.75, 3.05) is 13.1 Å². The van der Waals surface area contributed by atoms with Crippen LogP contribution < -0.4 is 5.56 Å². The summed E-state index contributed by atoms with van der Waals surface area (Å²) in [5.41, 5.74) is 1.81. The Morgan fingerprint density at radius 2 is 1.75 bits per heavy atom. The van der Waals surface area contributed by atoms with Gasteiger partial charge in [0.1, 0.15) is 11.6 Å². The van der Waals surface area contributed by atoms with Crippen LogP contribution in [0.2, 0.25) is 0 Å². The number of hydrogen-bond acceptors (Lipinski definition) is 6. The first-order chi connectivity index (χ1) is 15.7. The monoisotopic (exact) mass is 446 g/mol. The molecule has 1 fully saturated rings. The Labute approximate surface area is 190 Å². The highest BCUT2D eigenvalue weighted by Crippen LogP contribution is 2.33. The van der Waals surface area contributed by atoms with Crippen LogP contribution in [-0.4, -0.2) is 42.7 Å². The van der Waals surface area contributed by atoms with Gasteiger partial charge in [0.05, 0.1) is 29.2 Å². The number of aromatic amines is 1. The van der Waals surface area contributed by atoms with Crippen LogP contribution in [0.4, 0.5) is 0 Å². The molecule has 3 heterocycles. The maximum absolute atomic E-state index is 12.5. The first-order valence-electron chi connectivity index (χ1n) is 11.0. The fourth-order valence-electron chi connectivity index (χ4n) is 4.10. The first kappa shape index (κ1) is 20.9. The van der Waals surface area contributed by atoms with Gasteiger partial charge in [-0.3, -0.25) is 9.69 Å². The van der Waals surface area contributed by atoms with Crippen molar-refractivity contribution in [1.82, 2.24) is 29.6 Å². The lowest BCUT2D eigenvalue weighted by atomic mass is 10.2. The van der Waals surface area contributed by atoms with E-state index >= 15 is 0 Å². The molecule has 0 saturated carbocycles. The van der Waals surface area contributed by atoms with E-state index in [1.54, 1.807) is 17.8 Å². The SMILES string of the molecule is CC(Sc1nnc(CN2CCCC2)n1Cc1ccccc1)c1nc2ccccc2c(=O)[nH]1. The van der Waals surface area contributed by atoms with Crippen molar-refractivity contribution in [2.24, 2.45) is 0 Å². The molecule has 1 saturated heterocycles. The highest BCUT2D eigenvalue weighted by atomic mass is 32.2. The Balaban J connectivity index is 1.44. The van der Waals surface area contributed by atoms with Crippen LogP contribution in [0.3, 0.4) is 0 Å². The zero-order valence-corrected chi connectivity index (χ0v) is 18.9. The van der Waals surface area contributed by atoms with E-state index in [1.165, 1.54) is 18.4 Å². The third kappa shape index (κ3) is 4.47. The molecule has 1 N–H and O–H groups in total. The number of thioether (sulfide) groups is 1. The van der Waals surface area contributed by atoms with Gasteiger partial charge in [0.2, 0.25) is 0 Å². The van der Waals surface area contributed by atoms with Gasteiger partial charge < -0.3 is 9.55 Å². The predicted octanol–water partition coefficient (Wildman–Crippen LogP) is 4.01. The standard InChI is InChI=1S/C24H26N6OS/c1-17(22-25-20-12-6-5-11-19(20)23(31)26-22)32-24-28-27-21(16-29-13-7-8-14-29)30(24)15-18-9-3-2-4-10-18/h2-6,9-12,17H,7-8,13-16H2,1H3,(H,25,26,31). The van der Waals surface area contributed by atoms with Gasteiger partial charge >= 0.3 is 0 Å². The molecule has 7 nitrogen and oxygen atoms in total. The summed E-state index contributed by atoms with van der Waals surface area (Å²) >= 11 is 1.58. The maximum atomic E-state index is 12.5. The number of benzene rings is 2. The molecule has 164 valence electrons. The summed E-state index contributed by atoms with van der Waals surface area (Å²) in [6.45, 7) is 5.78. The largest absolute Gasteiger partial charge is 0.309 e. The molecular formula is C24H26N6OS. The minimum atomic E-state index is -0.112. The number of fused-ring (bicyclic) bond motifs is 1. The van der Waals surface area contributed by atoms with Crippen LogP contribution in [-0.2, 0) is 13.1 Å². The van der Waals surface area contributed by atoms with Crippen molar-refractivity contribution in [3.8, 4) is 0 Å². The Bertz CT molecular complexity index is 1260. The van der Waals surface area contributed by atoms with Crippen LogP contribution in [0.5, 0.6) is 0 Å². The van der Waals surface area contributed by atoms with Gasteiger partial charge in [-0.25, -0.2) is 4.98 Å². The summed E-state index contributed by atoms with van der Waals surface area (Å²) in [6, 6.07) is 17.8. The molecule has 1 unspecified atom stereocenters. The molecule has 32 heavy (non-hydrogen) atoms. The third-order valence-corrected chi connectivity index (χ3v) is 6.93. The molecule has 5 rings (SSSR count). The lowest BCUT2D eigenvalue weighted by molar-refractivity contribution is 0.316. The van der Waals surface area contributed by atoms with E-state index in [0.29, 0.717) is 23.3 Å². The quantitative estimate of drug-likeness (QED) is 0.432. The fourth-order valence-corrected chi connectivity index (χ4v) is 5.02. The van der Waals surface area contributed by atoms with Gasteiger partial charge in [-0.1, -0.05) is 54.2 Å². The molecule has 1 aliphatic rings. The molecule has 4 aromatic rings. The number of rotatable bonds is 7. The van der Waals surface area contributed by atoms with E-state index in [0.717, 1.165) is 30.6 Å². The molecule has 0 aliphatic carbocycles. The van der Waals surface area contributed by atoms with Gasteiger partial charge in [0.25, 0.3) is 5.56 Å². The van der Waals surface area contributed by atoms with E-state index < -0.39 is 0 Å². The van der Waals surface area contributed by atoms with Crippen molar-refractivity contribution in [3.63, 3.8) is 0 Å². The van der Waals surface area contributed by atoms with Crippen molar-refractivity contribution >= 4 is 22.7 Å². The number of nitrogens with one attached hydrogen (secondary N) is 1. The van der Waals surface area contributed by atoms with Crippen LogP contribution in [0.25, 0.3) is 10.9 Å². The summed E-state index contributed by atoms with van der Waals surface area (Å²) in [5.74, 6) is 1.62. The number of hydrogen-bond donors (Lipinski definition) is 1. The Kier molecular flexibility index (Phi) is 6.05. The van der Waals surface area contributed by atoms with E-state index in [9.17, 15) is 4.79 Å². The fraction of sp³-hybridized carbons (Fsp3) is 0.333. The molecule has 0 spiro atoms. The van der Waals surface area contributed by atoms with Crippen molar-refractivity contribution in [1.29, 1.82) is 0 Å². The lowest BCUT2D eigenvalue weighted by Gasteiger charge is -2.17. The second-order valence-corrected chi connectivity index (χ2v) is 9.49. The minimum Gasteiger partial charge on any atom is -0.309 e. The second kappa shape index (κ2) is 9.26. The average Bonchev–Trinajstić information content (AvgIpc) is 3.46. The minimum absolute atomic E-state index is 0.0781. The summed E-state index contributed by atoms with van der Waals surface area (Å²) < 4.78 is 2.20. The molecule has 0 amide bonds. The highest BCUT2D eigenvalue weighted by molar-refractivity contribution is 7.99. The third-order valence-electron chi connectivity index (χ3n) is 5.84. The molecular weight excluding hydrogens is 420 g/mol. The Morgan fingerprint density at radius 1 is 1.00 bits per heavy atom. The smallest absolute Gasteiger partial charge is 0.258 e. The number of H-pyrrole nitrogens is 1. The zero-order chi connectivity index (χ0) is 21.9. The van der Waals surface area contributed by atoms with Gasteiger partial charge in [-0.15, -0.1) is 10.2 Å². The second-order valence-electron chi connectivity index (χ2n) is 8.18. The van der Waals surface area contributed by atoms with Crippen LogP contribution in [0.1, 0.15) is 42.2 Å². The highest BCUT2D eigenvalue weighted by Gasteiger charge is 2.21. The van der Waals surface area contributed by atoms with E-state index in [-0.39, 0.29) is 10.8 Å². The number of likely N-dealkylation sites (tertiary alicyclic amines) is 1. The van der Waals surface area contributed by atoms with Crippen molar-refractivity contribution < 1.29 is 0 Å². The van der Waals surface area contributed by atoms with E-state index in [4.69, 9.17) is 4.98 Å². The van der Waals surface area contributed by atoms with Crippen molar-refractivity contribution in [2.45, 2.75) is 43.3 Å². The molecule has 2 aromatic heterocycles. The van der Waals surface area contributed by atoms with Gasteiger partial charge in [0, 0.05) is 0 Å². The molecule has 1 atom stereocenters. The molecule has 1 aliphatic heterocycles. The van der Waals surface area contributed by atoms with Crippen LogP contribution in [0.15, 0.2) is 64.5 Å². The number of aromatic nitrogens is 5. The zero-order valence-electron chi connectivity index (χ0n) is 18.1. The first-order valence-corrected chi connectivity index (χ1v) is 11.9.